The van der Waals surface area contributed by atoms with Crippen LogP contribution in [0.2, 0.25) is 0 Å². The van der Waals surface area contributed by atoms with Gasteiger partial charge >= 0.3 is 0 Å². The highest BCUT2D eigenvalue weighted by Crippen LogP contribution is 2.32. The molecule has 1 aliphatic rings. The molecule has 4 nitrogen and oxygen atoms in total. The lowest BCUT2D eigenvalue weighted by Crippen LogP contribution is -2.29. The van der Waals surface area contributed by atoms with Gasteiger partial charge in [-0.2, -0.15) is 0 Å². The van der Waals surface area contributed by atoms with Gasteiger partial charge in [0.25, 0.3) is 0 Å². The van der Waals surface area contributed by atoms with E-state index in [0.29, 0.717) is 6.61 Å². The summed E-state index contributed by atoms with van der Waals surface area (Å²) in [5.41, 5.74) is 0.864. The third kappa shape index (κ3) is 2.35. The molecule has 88 valence electrons. The van der Waals surface area contributed by atoms with Gasteiger partial charge in [-0.05, 0) is 12.5 Å². The first kappa shape index (κ1) is 11.4. The van der Waals surface area contributed by atoms with Crippen LogP contribution in [0.5, 0.6) is 5.75 Å². The Morgan fingerprint density at radius 1 is 1.44 bits per heavy atom. The largest absolute Gasteiger partial charge is 0.496 e. The van der Waals surface area contributed by atoms with Crippen molar-refractivity contribution in [3.8, 4) is 5.75 Å². The third-order valence-electron chi connectivity index (χ3n) is 2.62. The number of methoxy groups -OCH3 is 1. The fraction of sp³-hybridized carbons (Fsp3) is 0.500. The second-order valence-corrected chi connectivity index (χ2v) is 3.67. The highest BCUT2D eigenvalue weighted by Gasteiger charge is 2.25. The first-order valence-corrected chi connectivity index (χ1v) is 5.36. The number of aliphatic hydroxyl groups is 1. The fourth-order valence-electron chi connectivity index (χ4n) is 1.75. The van der Waals surface area contributed by atoms with Gasteiger partial charge in [-0.15, -0.1) is 0 Å². The quantitative estimate of drug-likeness (QED) is 0.845. The topological polar surface area (TPSA) is 47.9 Å². The Balaban J connectivity index is 2.16. The lowest BCUT2D eigenvalue weighted by molar-refractivity contribution is -0.224. The average Bonchev–Trinajstić information content (AvgIpc) is 2.38. The maximum Gasteiger partial charge on any atom is 0.187 e. The molecule has 0 unspecified atom stereocenters. The molecule has 2 atom stereocenters. The van der Waals surface area contributed by atoms with Crippen molar-refractivity contribution in [3.63, 3.8) is 0 Å². The lowest BCUT2D eigenvalue weighted by Gasteiger charge is -2.30. The molecule has 1 aromatic carbocycles. The fourth-order valence-corrected chi connectivity index (χ4v) is 1.75. The Bertz CT molecular complexity index is 340. The van der Waals surface area contributed by atoms with E-state index in [2.05, 4.69) is 0 Å². The van der Waals surface area contributed by atoms with Crippen molar-refractivity contribution in [2.24, 2.45) is 0 Å². The highest BCUT2D eigenvalue weighted by molar-refractivity contribution is 5.34. The van der Waals surface area contributed by atoms with Crippen molar-refractivity contribution in [1.29, 1.82) is 0 Å². The Hall–Kier alpha value is -1.10. The van der Waals surface area contributed by atoms with Gasteiger partial charge in [0.15, 0.2) is 6.29 Å². The molecule has 1 fully saturated rings. The van der Waals surface area contributed by atoms with E-state index in [-0.39, 0.29) is 12.7 Å². The van der Waals surface area contributed by atoms with Gasteiger partial charge in [-0.3, -0.25) is 0 Å². The maximum atomic E-state index is 9.07. The molecule has 1 aliphatic heterocycles. The van der Waals surface area contributed by atoms with Crippen molar-refractivity contribution >= 4 is 0 Å². The minimum absolute atomic E-state index is 0.0228. The predicted octanol–water partition coefficient (Wildman–Crippen LogP) is 1.49. The molecule has 0 aromatic heterocycles. The Labute approximate surface area is 94.8 Å². The standard InChI is InChI=1S/C12H16O4/c1-14-11-5-3-2-4-10(11)12-15-7-6-9(8-13)16-12/h2-5,9,12-13H,6-8H2,1H3/t9-,12-/m0/s1. The number of aliphatic hydroxyl groups excluding tert-OH is 1. The summed E-state index contributed by atoms with van der Waals surface area (Å²) >= 11 is 0. The van der Waals surface area contributed by atoms with E-state index >= 15 is 0 Å². The third-order valence-corrected chi connectivity index (χ3v) is 2.62. The molecule has 1 aromatic rings. The smallest absolute Gasteiger partial charge is 0.187 e. The number of rotatable bonds is 3. The second kappa shape index (κ2) is 5.30. The zero-order valence-corrected chi connectivity index (χ0v) is 9.26. The van der Waals surface area contributed by atoms with E-state index in [9.17, 15) is 0 Å². The van der Waals surface area contributed by atoms with Gasteiger partial charge in [0.05, 0.1) is 26.4 Å². The van der Waals surface area contributed by atoms with Crippen molar-refractivity contribution in [3.05, 3.63) is 29.8 Å². The monoisotopic (exact) mass is 224 g/mol. The molecule has 1 N–H and O–H groups in total. The zero-order chi connectivity index (χ0) is 11.4. The Kier molecular flexibility index (Phi) is 3.77. The minimum atomic E-state index is -0.443. The molecule has 0 aliphatic carbocycles. The molecule has 0 spiro atoms. The number of ether oxygens (including phenoxy) is 3. The highest BCUT2D eigenvalue weighted by atomic mass is 16.7. The average molecular weight is 224 g/mol. The van der Waals surface area contributed by atoms with Crippen LogP contribution in [0, 0.1) is 0 Å². The van der Waals surface area contributed by atoms with Crippen LogP contribution in [-0.4, -0.2) is 31.5 Å². The SMILES string of the molecule is COc1ccccc1[C@H]1OCC[C@@H](CO)O1. The van der Waals surface area contributed by atoms with Gasteiger partial charge in [-0.25, -0.2) is 0 Å². The van der Waals surface area contributed by atoms with Gasteiger partial charge < -0.3 is 19.3 Å². The van der Waals surface area contributed by atoms with E-state index in [1.165, 1.54) is 0 Å². The van der Waals surface area contributed by atoms with Crippen LogP contribution >= 0.6 is 0 Å². The van der Waals surface area contributed by atoms with Crippen molar-refractivity contribution < 1.29 is 19.3 Å². The first-order valence-electron chi connectivity index (χ1n) is 5.36. The van der Waals surface area contributed by atoms with Crippen molar-refractivity contribution in [2.45, 2.75) is 18.8 Å². The molecule has 0 bridgehead atoms. The summed E-state index contributed by atoms with van der Waals surface area (Å²) in [4.78, 5) is 0. The molecular weight excluding hydrogens is 208 g/mol. The Morgan fingerprint density at radius 3 is 3.00 bits per heavy atom. The second-order valence-electron chi connectivity index (χ2n) is 3.67. The van der Waals surface area contributed by atoms with E-state index < -0.39 is 6.29 Å². The van der Waals surface area contributed by atoms with E-state index in [1.54, 1.807) is 7.11 Å². The van der Waals surface area contributed by atoms with E-state index in [0.717, 1.165) is 17.7 Å². The molecule has 0 amide bonds. The maximum absolute atomic E-state index is 9.07. The minimum Gasteiger partial charge on any atom is -0.496 e. The summed E-state index contributed by atoms with van der Waals surface area (Å²) in [5, 5.41) is 9.07. The van der Waals surface area contributed by atoms with Crippen LogP contribution in [0.4, 0.5) is 0 Å². The van der Waals surface area contributed by atoms with Crippen LogP contribution in [0.15, 0.2) is 24.3 Å². The summed E-state index contributed by atoms with van der Waals surface area (Å²) in [6, 6.07) is 7.58. The normalized spacial score (nSPS) is 25.4. The molecule has 1 heterocycles. The number of benzene rings is 1. The van der Waals surface area contributed by atoms with E-state index in [4.69, 9.17) is 19.3 Å². The van der Waals surface area contributed by atoms with E-state index in [1.807, 2.05) is 24.3 Å². The van der Waals surface area contributed by atoms with Crippen LogP contribution in [0.3, 0.4) is 0 Å². The number of para-hydroxylation sites is 1. The molecule has 1 saturated heterocycles. The summed E-state index contributed by atoms with van der Waals surface area (Å²) in [6.45, 7) is 0.614. The van der Waals surface area contributed by atoms with Crippen LogP contribution in [0.25, 0.3) is 0 Å². The molecule has 4 heteroatoms. The zero-order valence-electron chi connectivity index (χ0n) is 9.26. The number of hydrogen-bond donors (Lipinski definition) is 1. The molecule has 0 radical (unpaired) electrons. The molecular formula is C12H16O4. The molecule has 2 rings (SSSR count). The summed E-state index contributed by atoms with van der Waals surface area (Å²) < 4.78 is 16.4. The van der Waals surface area contributed by atoms with Crippen molar-refractivity contribution in [2.75, 3.05) is 20.3 Å². The first-order chi connectivity index (χ1) is 7.85. The van der Waals surface area contributed by atoms with Crippen molar-refractivity contribution in [1.82, 2.24) is 0 Å². The van der Waals surface area contributed by atoms with Gasteiger partial charge in [0.2, 0.25) is 0 Å². The summed E-state index contributed by atoms with van der Waals surface area (Å²) in [5.74, 6) is 0.742. The van der Waals surface area contributed by atoms with Gasteiger partial charge in [-0.1, -0.05) is 18.2 Å². The molecule has 0 saturated carbocycles. The van der Waals surface area contributed by atoms with Gasteiger partial charge in [0.1, 0.15) is 5.75 Å². The van der Waals surface area contributed by atoms with Crippen LogP contribution < -0.4 is 4.74 Å². The van der Waals surface area contributed by atoms with Crippen LogP contribution in [-0.2, 0) is 9.47 Å². The number of hydrogen-bond acceptors (Lipinski definition) is 4. The van der Waals surface area contributed by atoms with Gasteiger partial charge in [0, 0.05) is 5.56 Å². The lowest BCUT2D eigenvalue weighted by atomic mass is 10.1. The predicted molar refractivity (Wildman–Crippen MR) is 58.3 cm³/mol. The molecule has 16 heavy (non-hydrogen) atoms. The summed E-state index contributed by atoms with van der Waals surface area (Å²) in [7, 11) is 1.62. The Morgan fingerprint density at radius 2 is 2.25 bits per heavy atom. The summed E-state index contributed by atoms with van der Waals surface area (Å²) in [6.07, 6.45) is 0.132. The van der Waals surface area contributed by atoms with Crippen LogP contribution in [0.1, 0.15) is 18.3 Å².